The van der Waals surface area contributed by atoms with E-state index in [1.165, 1.54) is 0 Å². The molecule has 0 aromatic heterocycles. The monoisotopic (exact) mass is 188 g/mol. The summed E-state index contributed by atoms with van der Waals surface area (Å²) in [6.07, 6.45) is 1.94. The predicted octanol–water partition coefficient (Wildman–Crippen LogP) is -0.567. The van der Waals surface area contributed by atoms with Gasteiger partial charge in [0.25, 0.3) is 5.91 Å². The largest absolute Gasteiger partial charge is 0.382 e. The fraction of sp³-hybridized carbons (Fsp3) is 0.875. The number of hydrogen-bond acceptors (Lipinski definition) is 4. The van der Waals surface area contributed by atoms with Crippen LogP contribution < -0.4 is 10.8 Å². The van der Waals surface area contributed by atoms with Gasteiger partial charge in [-0.3, -0.25) is 9.63 Å². The first-order chi connectivity index (χ1) is 6.34. The number of amides is 1. The van der Waals surface area contributed by atoms with Crippen LogP contribution in [0.5, 0.6) is 0 Å². The standard InChI is InChI=1S/C8H16N2O3/c1-12-5-6-13-10-8(11)7-3-2-4-9-7/h7,9H,2-6H2,1H3,(H,10,11). The smallest absolute Gasteiger partial charge is 0.260 e. The molecule has 1 aliphatic rings. The molecule has 0 saturated carbocycles. The summed E-state index contributed by atoms with van der Waals surface area (Å²) < 4.78 is 4.76. The molecule has 1 rings (SSSR count). The topological polar surface area (TPSA) is 59.6 Å². The molecule has 13 heavy (non-hydrogen) atoms. The number of ether oxygens (including phenoxy) is 1. The van der Waals surface area contributed by atoms with Gasteiger partial charge in [0.2, 0.25) is 0 Å². The molecule has 2 N–H and O–H groups in total. The third kappa shape index (κ3) is 3.71. The Morgan fingerprint density at radius 2 is 2.46 bits per heavy atom. The molecule has 0 aromatic rings. The van der Waals surface area contributed by atoms with Crippen LogP contribution >= 0.6 is 0 Å². The van der Waals surface area contributed by atoms with Crippen molar-refractivity contribution in [3.8, 4) is 0 Å². The molecular formula is C8H16N2O3. The second-order valence-corrected chi connectivity index (χ2v) is 2.96. The van der Waals surface area contributed by atoms with Crippen molar-refractivity contribution in [2.45, 2.75) is 18.9 Å². The molecule has 1 fully saturated rings. The maximum atomic E-state index is 11.3. The zero-order chi connectivity index (χ0) is 9.52. The maximum Gasteiger partial charge on any atom is 0.260 e. The van der Waals surface area contributed by atoms with Gasteiger partial charge in [0.1, 0.15) is 0 Å². The summed E-state index contributed by atoms with van der Waals surface area (Å²) in [6, 6.07) is -0.0810. The summed E-state index contributed by atoms with van der Waals surface area (Å²) in [7, 11) is 1.59. The first-order valence-electron chi connectivity index (χ1n) is 4.48. The van der Waals surface area contributed by atoms with Gasteiger partial charge in [-0.1, -0.05) is 0 Å². The number of carbonyl (C=O) groups is 1. The molecule has 0 radical (unpaired) electrons. The highest BCUT2D eigenvalue weighted by Crippen LogP contribution is 2.03. The van der Waals surface area contributed by atoms with Gasteiger partial charge in [0.15, 0.2) is 0 Å². The molecule has 1 unspecified atom stereocenters. The third-order valence-corrected chi connectivity index (χ3v) is 1.94. The summed E-state index contributed by atoms with van der Waals surface area (Å²) >= 11 is 0. The molecule has 1 amide bonds. The van der Waals surface area contributed by atoms with Crippen LogP contribution in [0.2, 0.25) is 0 Å². The number of methoxy groups -OCH3 is 1. The van der Waals surface area contributed by atoms with E-state index in [-0.39, 0.29) is 11.9 Å². The lowest BCUT2D eigenvalue weighted by Gasteiger charge is -2.10. The van der Waals surface area contributed by atoms with Gasteiger partial charge in [-0.15, -0.1) is 0 Å². The lowest BCUT2D eigenvalue weighted by Crippen LogP contribution is -2.40. The van der Waals surface area contributed by atoms with Crippen molar-refractivity contribution in [3.05, 3.63) is 0 Å². The Labute approximate surface area is 77.7 Å². The van der Waals surface area contributed by atoms with Crippen LogP contribution in [0, 0.1) is 0 Å². The van der Waals surface area contributed by atoms with E-state index in [9.17, 15) is 4.79 Å². The summed E-state index contributed by atoms with van der Waals surface area (Å²) in [5, 5.41) is 3.07. The predicted molar refractivity (Wildman–Crippen MR) is 47.0 cm³/mol. The summed E-state index contributed by atoms with van der Waals surface area (Å²) in [6.45, 7) is 1.78. The Kier molecular flexibility index (Phi) is 4.74. The average Bonchev–Trinajstić information content (AvgIpc) is 2.65. The first-order valence-corrected chi connectivity index (χ1v) is 4.48. The van der Waals surface area contributed by atoms with Crippen molar-refractivity contribution in [1.82, 2.24) is 10.8 Å². The molecule has 76 valence electrons. The van der Waals surface area contributed by atoms with Crippen molar-refractivity contribution in [2.24, 2.45) is 0 Å². The minimum absolute atomic E-state index is 0.0810. The summed E-state index contributed by atoms with van der Waals surface area (Å²) in [5.41, 5.74) is 2.38. The molecule has 0 aliphatic carbocycles. The van der Waals surface area contributed by atoms with E-state index in [1.807, 2.05) is 0 Å². The molecule has 5 heteroatoms. The molecule has 5 nitrogen and oxygen atoms in total. The van der Waals surface area contributed by atoms with Crippen LogP contribution in [0.4, 0.5) is 0 Å². The van der Waals surface area contributed by atoms with E-state index < -0.39 is 0 Å². The van der Waals surface area contributed by atoms with Gasteiger partial charge in [0.05, 0.1) is 19.3 Å². The molecule has 1 saturated heterocycles. The Morgan fingerprint density at radius 1 is 1.62 bits per heavy atom. The lowest BCUT2D eigenvalue weighted by molar-refractivity contribution is -0.136. The van der Waals surface area contributed by atoms with Gasteiger partial charge in [-0.25, -0.2) is 5.48 Å². The average molecular weight is 188 g/mol. The summed E-state index contributed by atoms with van der Waals surface area (Å²) in [5.74, 6) is -0.0893. The second-order valence-electron chi connectivity index (χ2n) is 2.96. The number of hydrogen-bond donors (Lipinski definition) is 2. The molecule has 0 aromatic carbocycles. The highest BCUT2D eigenvalue weighted by molar-refractivity contribution is 5.80. The minimum atomic E-state index is -0.0893. The highest BCUT2D eigenvalue weighted by atomic mass is 16.7. The quantitative estimate of drug-likeness (QED) is 0.448. The molecule has 1 aliphatic heterocycles. The number of hydroxylamine groups is 1. The number of carbonyl (C=O) groups excluding carboxylic acids is 1. The van der Waals surface area contributed by atoms with Crippen LogP contribution in [0.25, 0.3) is 0 Å². The van der Waals surface area contributed by atoms with Gasteiger partial charge >= 0.3 is 0 Å². The van der Waals surface area contributed by atoms with E-state index >= 15 is 0 Å². The molecular weight excluding hydrogens is 172 g/mol. The normalized spacial score (nSPS) is 21.8. The zero-order valence-corrected chi connectivity index (χ0v) is 7.84. The fourth-order valence-electron chi connectivity index (χ4n) is 1.23. The zero-order valence-electron chi connectivity index (χ0n) is 7.84. The van der Waals surface area contributed by atoms with E-state index in [1.54, 1.807) is 7.11 Å². The van der Waals surface area contributed by atoms with Gasteiger partial charge in [-0.05, 0) is 19.4 Å². The van der Waals surface area contributed by atoms with Gasteiger partial charge < -0.3 is 10.1 Å². The van der Waals surface area contributed by atoms with Crippen LogP contribution in [0.15, 0.2) is 0 Å². The van der Waals surface area contributed by atoms with Crippen LogP contribution in [0.3, 0.4) is 0 Å². The van der Waals surface area contributed by atoms with Crippen molar-refractivity contribution in [3.63, 3.8) is 0 Å². The van der Waals surface area contributed by atoms with Crippen molar-refractivity contribution < 1.29 is 14.4 Å². The van der Waals surface area contributed by atoms with E-state index in [2.05, 4.69) is 10.8 Å². The minimum Gasteiger partial charge on any atom is -0.382 e. The van der Waals surface area contributed by atoms with E-state index in [0.717, 1.165) is 19.4 Å². The second kappa shape index (κ2) is 5.90. The number of rotatable bonds is 5. The first kappa shape index (κ1) is 10.4. The highest BCUT2D eigenvalue weighted by Gasteiger charge is 2.21. The Balaban J connectivity index is 2.03. The lowest BCUT2D eigenvalue weighted by atomic mass is 10.2. The fourth-order valence-corrected chi connectivity index (χ4v) is 1.23. The molecule has 1 heterocycles. The SMILES string of the molecule is COCCONC(=O)C1CCCN1. The van der Waals surface area contributed by atoms with Crippen molar-refractivity contribution >= 4 is 5.91 Å². The van der Waals surface area contributed by atoms with Crippen LogP contribution in [0.1, 0.15) is 12.8 Å². The van der Waals surface area contributed by atoms with E-state index in [4.69, 9.17) is 9.57 Å². The maximum absolute atomic E-state index is 11.3. The van der Waals surface area contributed by atoms with Crippen LogP contribution in [-0.4, -0.2) is 38.8 Å². The molecule has 0 spiro atoms. The third-order valence-electron chi connectivity index (χ3n) is 1.94. The molecule has 1 atom stereocenters. The van der Waals surface area contributed by atoms with Crippen molar-refractivity contribution in [2.75, 3.05) is 26.9 Å². The van der Waals surface area contributed by atoms with E-state index in [0.29, 0.717) is 13.2 Å². The Hall–Kier alpha value is -0.650. The van der Waals surface area contributed by atoms with Gasteiger partial charge in [0, 0.05) is 7.11 Å². The van der Waals surface area contributed by atoms with Crippen molar-refractivity contribution in [1.29, 1.82) is 0 Å². The Bertz CT molecular complexity index is 157. The summed E-state index contributed by atoms with van der Waals surface area (Å²) in [4.78, 5) is 16.2. The molecule has 0 bridgehead atoms. The van der Waals surface area contributed by atoms with Crippen LogP contribution in [-0.2, 0) is 14.4 Å². The number of nitrogens with one attached hydrogen (secondary N) is 2. The van der Waals surface area contributed by atoms with Gasteiger partial charge in [-0.2, -0.15) is 0 Å². The Morgan fingerprint density at radius 3 is 3.08 bits per heavy atom.